The van der Waals surface area contributed by atoms with E-state index < -0.39 is 15.8 Å². The number of aryl methyl sites for hydroxylation is 1. The molecule has 2 aromatic rings. The summed E-state index contributed by atoms with van der Waals surface area (Å²) >= 11 is 0. The summed E-state index contributed by atoms with van der Waals surface area (Å²) in [5, 5.41) is 0. The Balaban J connectivity index is 2.47. The first-order valence-electron chi connectivity index (χ1n) is 6.29. The number of hydrogen-bond acceptors (Lipinski definition) is 4. The van der Waals surface area contributed by atoms with E-state index in [1.807, 2.05) is 0 Å². The maximum absolute atomic E-state index is 13.8. The minimum Gasteiger partial charge on any atom is -0.326 e. The summed E-state index contributed by atoms with van der Waals surface area (Å²) in [6, 6.07) is 7.57. The SMILES string of the molecule is Cc1cccc(NS(=O)(=O)c2cc(CN)cc(F)c2C)n1. The van der Waals surface area contributed by atoms with Crippen LogP contribution in [0.15, 0.2) is 35.2 Å². The standard InChI is InChI=1S/C14H16FN3O2S/c1-9-4-3-5-14(17-9)18-21(19,20)13-7-11(8-16)6-12(15)10(13)2/h3-7H,8,16H2,1-2H3,(H,17,18). The first-order valence-corrected chi connectivity index (χ1v) is 7.77. The van der Waals surface area contributed by atoms with Crippen LogP contribution < -0.4 is 10.5 Å². The van der Waals surface area contributed by atoms with Gasteiger partial charge in [0.25, 0.3) is 10.0 Å². The van der Waals surface area contributed by atoms with Gasteiger partial charge in [-0.2, -0.15) is 0 Å². The van der Waals surface area contributed by atoms with Gasteiger partial charge in [-0.15, -0.1) is 0 Å². The van der Waals surface area contributed by atoms with Crippen LogP contribution in [-0.4, -0.2) is 13.4 Å². The van der Waals surface area contributed by atoms with Gasteiger partial charge in [0.1, 0.15) is 11.6 Å². The lowest BCUT2D eigenvalue weighted by Gasteiger charge is -2.12. The Morgan fingerprint density at radius 3 is 2.62 bits per heavy atom. The average Bonchev–Trinajstić information content (AvgIpc) is 2.41. The van der Waals surface area contributed by atoms with Gasteiger partial charge in [-0.25, -0.2) is 17.8 Å². The molecule has 0 aliphatic heterocycles. The number of benzene rings is 1. The van der Waals surface area contributed by atoms with E-state index in [2.05, 4.69) is 9.71 Å². The molecule has 3 N–H and O–H groups in total. The molecule has 0 radical (unpaired) electrons. The van der Waals surface area contributed by atoms with E-state index in [9.17, 15) is 12.8 Å². The molecule has 0 aliphatic carbocycles. The Kier molecular flexibility index (Phi) is 4.24. The smallest absolute Gasteiger partial charge is 0.263 e. The fourth-order valence-corrected chi connectivity index (χ4v) is 3.20. The maximum Gasteiger partial charge on any atom is 0.263 e. The van der Waals surface area contributed by atoms with Gasteiger partial charge in [-0.3, -0.25) is 4.72 Å². The molecule has 5 nitrogen and oxygen atoms in total. The first-order chi connectivity index (χ1) is 9.83. The van der Waals surface area contributed by atoms with Crippen LogP contribution in [0.25, 0.3) is 0 Å². The van der Waals surface area contributed by atoms with Crippen LogP contribution >= 0.6 is 0 Å². The largest absolute Gasteiger partial charge is 0.326 e. The monoisotopic (exact) mass is 309 g/mol. The van der Waals surface area contributed by atoms with Crippen LogP contribution in [0.4, 0.5) is 10.2 Å². The predicted molar refractivity (Wildman–Crippen MR) is 78.8 cm³/mol. The summed E-state index contributed by atoms with van der Waals surface area (Å²) in [5.41, 5.74) is 6.60. The number of halogens is 1. The minimum atomic E-state index is -3.92. The highest BCUT2D eigenvalue weighted by Crippen LogP contribution is 2.22. The van der Waals surface area contributed by atoms with Gasteiger partial charge in [0.2, 0.25) is 0 Å². The van der Waals surface area contributed by atoms with Crippen LogP contribution in [0.1, 0.15) is 16.8 Å². The molecule has 0 amide bonds. The Bertz CT molecular complexity index is 776. The predicted octanol–water partition coefficient (Wildman–Crippen LogP) is 2.10. The summed E-state index contributed by atoms with van der Waals surface area (Å²) in [6.45, 7) is 3.22. The third-order valence-corrected chi connectivity index (χ3v) is 4.49. The molecule has 1 aromatic heterocycles. The number of hydrogen-bond donors (Lipinski definition) is 2. The summed E-state index contributed by atoms with van der Waals surface area (Å²) in [6.07, 6.45) is 0. The van der Waals surface area contributed by atoms with Gasteiger partial charge in [-0.1, -0.05) is 6.07 Å². The number of aromatic nitrogens is 1. The number of pyridine rings is 1. The number of anilines is 1. The highest BCUT2D eigenvalue weighted by molar-refractivity contribution is 7.92. The minimum absolute atomic E-state index is 0.0485. The van der Waals surface area contributed by atoms with Crippen LogP contribution in [0.5, 0.6) is 0 Å². The van der Waals surface area contributed by atoms with E-state index in [0.717, 1.165) is 0 Å². The van der Waals surface area contributed by atoms with Crippen LogP contribution in [0.2, 0.25) is 0 Å². The molecule has 7 heteroatoms. The van der Waals surface area contributed by atoms with Crippen molar-refractivity contribution in [3.63, 3.8) is 0 Å². The van der Waals surface area contributed by atoms with Crippen molar-refractivity contribution < 1.29 is 12.8 Å². The Morgan fingerprint density at radius 1 is 1.29 bits per heavy atom. The van der Waals surface area contributed by atoms with Gasteiger partial charge in [0, 0.05) is 17.8 Å². The number of rotatable bonds is 4. The average molecular weight is 309 g/mol. The zero-order valence-corrected chi connectivity index (χ0v) is 12.5. The van der Waals surface area contributed by atoms with E-state index >= 15 is 0 Å². The molecule has 0 saturated heterocycles. The van der Waals surface area contributed by atoms with Crippen LogP contribution in [-0.2, 0) is 16.6 Å². The molecule has 0 unspecified atom stereocenters. The van der Waals surface area contributed by atoms with Crippen molar-refractivity contribution in [1.82, 2.24) is 4.98 Å². The first kappa shape index (κ1) is 15.4. The van der Waals surface area contributed by atoms with Gasteiger partial charge in [-0.05, 0) is 43.7 Å². The zero-order chi connectivity index (χ0) is 15.6. The molecule has 112 valence electrons. The van der Waals surface area contributed by atoms with Crippen molar-refractivity contribution in [3.8, 4) is 0 Å². The van der Waals surface area contributed by atoms with Crippen molar-refractivity contribution >= 4 is 15.8 Å². The highest BCUT2D eigenvalue weighted by atomic mass is 32.2. The lowest BCUT2D eigenvalue weighted by atomic mass is 10.1. The van der Waals surface area contributed by atoms with Crippen molar-refractivity contribution in [1.29, 1.82) is 0 Å². The molecule has 21 heavy (non-hydrogen) atoms. The van der Waals surface area contributed by atoms with Crippen LogP contribution in [0, 0.1) is 19.7 Å². The fraction of sp³-hybridized carbons (Fsp3) is 0.214. The number of sulfonamides is 1. The highest BCUT2D eigenvalue weighted by Gasteiger charge is 2.20. The zero-order valence-electron chi connectivity index (χ0n) is 11.7. The van der Waals surface area contributed by atoms with Crippen molar-refractivity contribution in [3.05, 3.63) is 53.0 Å². The third-order valence-electron chi connectivity index (χ3n) is 3.01. The molecule has 1 aromatic carbocycles. The Hall–Kier alpha value is -1.99. The second-order valence-electron chi connectivity index (χ2n) is 4.67. The molecular formula is C14H16FN3O2S. The molecule has 0 atom stereocenters. The quantitative estimate of drug-likeness (QED) is 0.905. The molecule has 0 aliphatic rings. The Labute approximate surface area is 123 Å². The fourth-order valence-electron chi connectivity index (χ4n) is 1.90. The summed E-state index contributed by atoms with van der Waals surface area (Å²) in [5.74, 6) is -0.413. The van der Waals surface area contributed by atoms with E-state index in [1.54, 1.807) is 19.1 Å². The number of nitrogens with two attached hydrogens (primary N) is 1. The molecule has 1 heterocycles. The van der Waals surface area contributed by atoms with Gasteiger partial charge in [0.05, 0.1) is 4.90 Å². The van der Waals surface area contributed by atoms with Crippen LogP contribution in [0.3, 0.4) is 0 Å². The molecule has 0 bridgehead atoms. The molecule has 0 saturated carbocycles. The molecular weight excluding hydrogens is 293 g/mol. The number of nitrogens with zero attached hydrogens (tertiary/aromatic N) is 1. The summed E-state index contributed by atoms with van der Waals surface area (Å²) in [4.78, 5) is 3.94. The van der Waals surface area contributed by atoms with Crippen molar-refractivity contribution in [2.45, 2.75) is 25.3 Å². The third kappa shape index (κ3) is 3.37. The van der Waals surface area contributed by atoms with Gasteiger partial charge >= 0.3 is 0 Å². The molecule has 0 fully saturated rings. The van der Waals surface area contributed by atoms with Crippen molar-refractivity contribution in [2.75, 3.05) is 4.72 Å². The molecule has 0 spiro atoms. The Morgan fingerprint density at radius 2 is 2.00 bits per heavy atom. The topological polar surface area (TPSA) is 85.1 Å². The van der Waals surface area contributed by atoms with E-state index in [0.29, 0.717) is 11.3 Å². The summed E-state index contributed by atoms with van der Waals surface area (Å²) in [7, 11) is -3.92. The second-order valence-corrected chi connectivity index (χ2v) is 6.33. The molecule has 2 rings (SSSR count). The lowest BCUT2D eigenvalue weighted by molar-refractivity contribution is 0.589. The van der Waals surface area contributed by atoms with E-state index in [4.69, 9.17) is 5.73 Å². The normalized spacial score (nSPS) is 11.4. The van der Waals surface area contributed by atoms with Gasteiger partial charge in [0.15, 0.2) is 0 Å². The van der Waals surface area contributed by atoms with Gasteiger partial charge < -0.3 is 5.73 Å². The maximum atomic E-state index is 13.8. The van der Waals surface area contributed by atoms with Crippen molar-refractivity contribution in [2.24, 2.45) is 5.73 Å². The summed E-state index contributed by atoms with van der Waals surface area (Å²) < 4.78 is 40.9. The lowest BCUT2D eigenvalue weighted by Crippen LogP contribution is -2.16. The number of nitrogens with one attached hydrogen (secondary N) is 1. The van der Waals surface area contributed by atoms with E-state index in [-0.39, 0.29) is 22.8 Å². The second kappa shape index (κ2) is 5.79. The van der Waals surface area contributed by atoms with E-state index in [1.165, 1.54) is 25.1 Å².